The largest absolute Gasteiger partial charge is 0.477 e. The van der Waals surface area contributed by atoms with Crippen LogP contribution in [0.4, 0.5) is 0 Å². The lowest BCUT2D eigenvalue weighted by atomic mass is 10.2. The maximum Gasteiger partial charge on any atom is 0.352 e. The first kappa shape index (κ1) is 65.9. The molecule has 0 aromatic carbocycles. The third-order valence-electron chi connectivity index (χ3n) is 13.2. The van der Waals surface area contributed by atoms with E-state index in [1.54, 1.807) is 70.1 Å². The predicted molar refractivity (Wildman–Crippen MR) is 299 cm³/mol. The molecular formula is C55H81ClN12O11. The number of fused-ring (bicyclic) bond motifs is 3. The number of carbonyl (C=O) groups is 6. The number of rotatable bonds is 11. The van der Waals surface area contributed by atoms with Crippen molar-refractivity contribution >= 4 is 48.0 Å². The third-order valence-corrected chi connectivity index (χ3v) is 13.2. The number of hydroxylamine groups is 1. The van der Waals surface area contributed by atoms with Gasteiger partial charge in [-0.25, -0.2) is 25.8 Å². The summed E-state index contributed by atoms with van der Waals surface area (Å²) >= 11 is 0. The van der Waals surface area contributed by atoms with Crippen LogP contribution in [0.15, 0.2) is 91.8 Å². The minimum Gasteiger partial charge on any atom is -0.477 e. The zero-order chi connectivity index (χ0) is 57.3. The van der Waals surface area contributed by atoms with Gasteiger partial charge >= 0.3 is 17.9 Å². The fourth-order valence-corrected chi connectivity index (χ4v) is 8.94. The Morgan fingerprint density at radius 3 is 1.35 bits per heavy atom. The summed E-state index contributed by atoms with van der Waals surface area (Å²) in [6, 6.07) is 16.1. The molecular weight excluding hydrogens is 1040 g/mol. The number of nitrogens with zero attached hydrogens (tertiary/aromatic N) is 9. The normalized spacial score (nSPS) is 13.2. The molecule has 9 heterocycles. The van der Waals surface area contributed by atoms with Crippen molar-refractivity contribution in [2.45, 2.75) is 93.1 Å². The molecule has 3 aliphatic heterocycles. The van der Waals surface area contributed by atoms with Gasteiger partial charge in [0.2, 0.25) is 0 Å². The van der Waals surface area contributed by atoms with Crippen molar-refractivity contribution in [2.24, 2.45) is 27.0 Å². The van der Waals surface area contributed by atoms with Crippen LogP contribution in [0.3, 0.4) is 0 Å². The van der Waals surface area contributed by atoms with Gasteiger partial charge in [0.15, 0.2) is 0 Å². The number of aromatic nitrogens is 6. The summed E-state index contributed by atoms with van der Waals surface area (Å²) in [6.07, 6.45) is 13.6. The van der Waals surface area contributed by atoms with E-state index in [1.165, 1.54) is 19.6 Å². The highest BCUT2D eigenvalue weighted by Crippen LogP contribution is 2.21. The van der Waals surface area contributed by atoms with E-state index in [9.17, 15) is 28.8 Å². The molecule has 6 aromatic rings. The number of nitrogens with two attached hydrogens (primary N) is 1. The van der Waals surface area contributed by atoms with Crippen molar-refractivity contribution < 1.29 is 53.8 Å². The molecule has 0 saturated carbocycles. The van der Waals surface area contributed by atoms with Crippen molar-refractivity contribution in [2.75, 3.05) is 52.5 Å². The molecule has 0 radical (unpaired) electrons. The Balaban J connectivity index is 0.000000272. The minimum atomic E-state index is -0.887. The van der Waals surface area contributed by atoms with Crippen LogP contribution in [0.5, 0.6) is 0 Å². The second kappa shape index (κ2) is 33.8. The number of hydrogen-bond acceptors (Lipinski definition) is 13. The number of halogens is 1. The summed E-state index contributed by atoms with van der Waals surface area (Å²) in [5.74, 6) is 1.54. The van der Waals surface area contributed by atoms with Gasteiger partial charge < -0.3 is 67.2 Å². The Bertz CT molecular complexity index is 2820. The van der Waals surface area contributed by atoms with Gasteiger partial charge in [0, 0.05) is 115 Å². The standard InChI is InChI=1S/C17H21N3O3.C15H18N4O3.C11H16N2O2.C6H7NO2.C6H15N.ClH.H3NO/c1-3-23-17(22)13-10-14-12-20(9-5-8-19(14)11-13)16(21)15-6-4-7-18(15)2;1-17-5-2-4-13(17)15(21)19-7-3-6-18-9-11(14(20)16-22)8-12(18)10-19;1-2-15-11(14)9-6-10-7-12-4-3-5-13(10)8-9;1-7-4-2-3-5(7)6(8)9;1-4-7(5-2)6-3;;1-2/h4,6-7,10-11H,3,5,8-9,12H2,1-2H3;2,4-5,8-9,22H,3,6-7,10H2,1H3,(H,16,20);6,8,12H,2-5,7H2,1H3;2-4H,1H3,(H,8,9);4-6H2,1-3H3;1H;2H,1H2. The quantitative estimate of drug-likeness (QED) is 0.0492. The summed E-state index contributed by atoms with van der Waals surface area (Å²) in [5, 5.41) is 27.0. The number of hydrogen-bond donors (Lipinski definition) is 6. The van der Waals surface area contributed by atoms with Gasteiger partial charge in [-0.2, -0.15) is 0 Å². The monoisotopic (exact) mass is 1120 g/mol. The Hall–Kier alpha value is -7.41. The average Bonchev–Trinajstić information content (AvgIpc) is 4.35. The summed E-state index contributed by atoms with van der Waals surface area (Å²) in [4.78, 5) is 76.4. The van der Waals surface area contributed by atoms with Gasteiger partial charge in [-0.1, -0.05) is 20.8 Å². The van der Waals surface area contributed by atoms with Crippen molar-refractivity contribution in [1.82, 2.24) is 52.9 Å². The lowest BCUT2D eigenvalue weighted by molar-refractivity contribution is 0.0516. The second-order valence-electron chi connectivity index (χ2n) is 18.3. The topological polar surface area (TPSA) is 271 Å². The molecule has 3 aliphatic rings. The SMILES string of the molecule is CCN(CC)CC.CCOC(=O)c1cc2n(c1)CCCN(C(=O)c1cccn1C)C2.CCOC(=O)c1cc2n(c1)CCCNC2.Cl.Cn1cccc1C(=O)N1CCCn2cc(C(=O)NO)cc2C1.Cn1cccc1C(=O)O.NO. The van der Waals surface area contributed by atoms with E-state index in [0.29, 0.717) is 73.2 Å². The molecule has 0 unspecified atom stereocenters. The lowest BCUT2D eigenvalue weighted by Crippen LogP contribution is -2.32. The Morgan fingerprint density at radius 1 is 0.595 bits per heavy atom. The number of carboxylic acids is 1. The zero-order valence-corrected chi connectivity index (χ0v) is 47.6. The fraction of sp³-hybridized carbons (Fsp3) is 0.455. The number of carbonyl (C=O) groups excluding carboxylic acids is 5. The molecule has 7 N–H and O–H groups in total. The molecule has 24 heteroatoms. The van der Waals surface area contributed by atoms with Gasteiger partial charge in [-0.3, -0.25) is 19.6 Å². The highest BCUT2D eigenvalue weighted by atomic mass is 35.5. The molecule has 0 aliphatic carbocycles. The molecule has 0 spiro atoms. The Morgan fingerprint density at radius 2 is 0.987 bits per heavy atom. The Kier molecular flexibility index (Phi) is 28.2. The molecule has 0 saturated heterocycles. The van der Waals surface area contributed by atoms with E-state index in [0.717, 1.165) is 69.1 Å². The molecule has 23 nitrogen and oxygen atoms in total. The zero-order valence-electron chi connectivity index (χ0n) is 46.8. The van der Waals surface area contributed by atoms with Crippen LogP contribution < -0.4 is 16.7 Å². The van der Waals surface area contributed by atoms with Crippen LogP contribution in [0, 0.1) is 0 Å². The van der Waals surface area contributed by atoms with E-state index >= 15 is 0 Å². The van der Waals surface area contributed by atoms with Crippen LogP contribution in [-0.4, -0.2) is 146 Å². The second-order valence-corrected chi connectivity index (χ2v) is 18.3. The van der Waals surface area contributed by atoms with Gasteiger partial charge in [0.05, 0.1) is 43.0 Å². The fourth-order valence-electron chi connectivity index (χ4n) is 8.94. The smallest absolute Gasteiger partial charge is 0.352 e. The van der Waals surface area contributed by atoms with E-state index in [1.807, 2.05) is 94.7 Å². The number of nitrogens with one attached hydrogen (secondary N) is 2. The van der Waals surface area contributed by atoms with Crippen LogP contribution in [-0.2, 0) is 69.9 Å². The summed E-state index contributed by atoms with van der Waals surface area (Å²) in [5.41, 5.74) is 7.90. The molecule has 0 fully saturated rings. The van der Waals surface area contributed by atoms with Gasteiger partial charge in [0.25, 0.3) is 17.7 Å². The van der Waals surface area contributed by atoms with E-state index in [4.69, 9.17) is 25.0 Å². The molecule has 6 aromatic heterocycles. The maximum atomic E-state index is 12.7. The number of ether oxygens (including phenoxy) is 2. The maximum absolute atomic E-state index is 12.7. The molecule has 434 valence electrons. The average molecular weight is 1120 g/mol. The van der Waals surface area contributed by atoms with Crippen LogP contribution >= 0.6 is 12.4 Å². The third kappa shape index (κ3) is 18.9. The first-order valence-corrected chi connectivity index (χ1v) is 26.3. The highest BCUT2D eigenvalue weighted by molar-refractivity contribution is 5.95. The van der Waals surface area contributed by atoms with Gasteiger partial charge in [0.1, 0.15) is 17.1 Å². The van der Waals surface area contributed by atoms with Crippen molar-refractivity contribution in [3.8, 4) is 0 Å². The number of esters is 2. The first-order valence-electron chi connectivity index (χ1n) is 26.3. The highest BCUT2D eigenvalue weighted by Gasteiger charge is 2.25. The number of aryl methyl sites for hydroxylation is 6. The first-order chi connectivity index (χ1) is 37.6. The number of amides is 3. The Labute approximate surface area is 468 Å². The molecule has 0 bridgehead atoms. The number of carboxylic acid groups (broad SMARTS) is 1. The molecule has 79 heavy (non-hydrogen) atoms. The lowest BCUT2D eigenvalue weighted by Gasteiger charge is -2.20. The molecule has 9 rings (SSSR count). The summed E-state index contributed by atoms with van der Waals surface area (Å²) in [7, 11) is 5.41. The number of aromatic carboxylic acids is 1. The van der Waals surface area contributed by atoms with Crippen LogP contribution in [0.2, 0.25) is 0 Å². The minimum absolute atomic E-state index is 0. The molecule has 0 atom stereocenters. The van der Waals surface area contributed by atoms with Crippen LogP contribution in [0.25, 0.3) is 0 Å². The van der Waals surface area contributed by atoms with E-state index in [2.05, 4.69) is 41.5 Å². The van der Waals surface area contributed by atoms with Crippen LogP contribution in [0.1, 0.15) is 134 Å². The van der Waals surface area contributed by atoms with Gasteiger partial charge in [-0.15, -0.1) is 12.4 Å². The van der Waals surface area contributed by atoms with Crippen molar-refractivity contribution in [3.63, 3.8) is 0 Å². The summed E-state index contributed by atoms with van der Waals surface area (Å²) < 4.78 is 21.3. The van der Waals surface area contributed by atoms with E-state index in [-0.39, 0.29) is 36.2 Å². The van der Waals surface area contributed by atoms with Crippen molar-refractivity contribution in [1.29, 1.82) is 0 Å². The molecule has 3 amide bonds. The summed E-state index contributed by atoms with van der Waals surface area (Å²) in [6.45, 7) is 21.2. The van der Waals surface area contributed by atoms with E-state index < -0.39 is 11.9 Å². The van der Waals surface area contributed by atoms with Crippen molar-refractivity contribution in [3.05, 3.63) is 143 Å². The predicted octanol–water partition coefficient (Wildman–Crippen LogP) is 6.03. The van der Waals surface area contributed by atoms with Gasteiger partial charge in [-0.05, 0) is 114 Å².